The molecule has 0 unspecified atom stereocenters. The summed E-state index contributed by atoms with van der Waals surface area (Å²) in [6, 6.07) is 5.88. The Morgan fingerprint density at radius 2 is 1.81 bits per heavy atom. The Kier molecular flexibility index (Phi) is 5.85. The molecular weight excluding hydrogens is 275 g/mol. The van der Waals surface area contributed by atoms with Crippen LogP contribution in [0.2, 0.25) is 0 Å². The Labute approximate surface area is 122 Å². The summed E-state index contributed by atoms with van der Waals surface area (Å²) < 4.78 is 17.7. The topological polar surface area (TPSA) is 79.2 Å². The van der Waals surface area contributed by atoms with E-state index in [1.807, 2.05) is 0 Å². The van der Waals surface area contributed by atoms with E-state index in [-0.39, 0.29) is 11.5 Å². The normalized spacial score (nSPS) is 13.1. The molecule has 0 heterocycles. The molecule has 0 saturated heterocycles. The van der Waals surface area contributed by atoms with Gasteiger partial charge in [-0.3, -0.25) is 4.79 Å². The van der Waals surface area contributed by atoms with E-state index in [0.717, 1.165) is 12.1 Å². The number of halogens is 1. The number of nitrogens with zero attached hydrogens (tertiary/aromatic N) is 1. The molecule has 0 spiro atoms. The molecule has 112 valence electrons. The van der Waals surface area contributed by atoms with Crippen LogP contribution < -0.4 is 5.32 Å². The lowest BCUT2D eigenvalue weighted by Gasteiger charge is -2.21. The second kappa shape index (κ2) is 7.39. The van der Waals surface area contributed by atoms with Crippen LogP contribution in [0, 0.1) is 23.1 Å². The van der Waals surface area contributed by atoms with Crippen LogP contribution in [0.4, 0.5) is 4.39 Å². The molecule has 1 rings (SSSR count). The number of nitrogens with one attached hydrogen (secondary N) is 1. The number of hydrogen-bond acceptors (Lipinski definition) is 4. The standard InChI is InChI=1S/C15H17FN2O3/c1-9(2)13(15(20)21-10(3)8-17)18-14(19)11-4-6-12(16)7-5-11/h4-7,9-10,13H,1-3H3,(H,18,19)/t10-,13-/m0/s1. The molecule has 0 aliphatic carbocycles. The molecule has 0 saturated carbocycles. The van der Waals surface area contributed by atoms with Gasteiger partial charge in [0.15, 0.2) is 6.10 Å². The van der Waals surface area contributed by atoms with Gasteiger partial charge in [0.25, 0.3) is 5.91 Å². The second-order valence-electron chi connectivity index (χ2n) is 4.91. The fourth-order valence-corrected chi connectivity index (χ4v) is 1.60. The number of nitriles is 1. The van der Waals surface area contributed by atoms with Crippen molar-refractivity contribution in [3.8, 4) is 6.07 Å². The number of esters is 1. The minimum atomic E-state index is -0.888. The van der Waals surface area contributed by atoms with Gasteiger partial charge in [0.1, 0.15) is 17.9 Å². The van der Waals surface area contributed by atoms with Crippen LogP contribution in [0.15, 0.2) is 24.3 Å². The Morgan fingerprint density at radius 1 is 1.24 bits per heavy atom. The molecule has 21 heavy (non-hydrogen) atoms. The van der Waals surface area contributed by atoms with Crippen molar-refractivity contribution in [1.82, 2.24) is 5.32 Å². The molecule has 0 aliphatic rings. The predicted octanol–water partition coefficient (Wildman–Crippen LogP) is 2.04. The smallest absolute Gasteiger partial charge is 0.330 e. The van der Waals surface area contributed by atoms with Crippen LogP contribution in [-0.4, -0.2) is 24.0 Å². The summed E-state index contributed by atoms with van der Waals surface area (Å²) in [5.74, 6) is -1.84. The fourth-order valence-electron chi connectivity index (χ4n) is 1.60. The molecule has 6 heteroatoms. The van der Waals surface area contributed by atoms with Gasteiger partial charge in [-0.05, 0) is 37.1 Å². The van der Waals surface area contributed by atoms with Crippen molar-refractivity contribution in [2.24, 2.45) is 5.92 Å². The predicted molar refractivity (Wildman–Crippen MR) is 73.7 cm³/mol. The third-order valence-electron chi connectivity index (χ3n) is 2.79. The summed E-state index contributed by atoms with van der Waals surface area (Å²) in [5.41, 5.74) is 0.239. The quantitative estimate of drug-likeness (QED) is 0.842. The molecule has 1 aromatic carbocycles. The van der Waals surface area contributed by atoms with Gasteiger partial charge in [-0.15, -0.1) is 0 Å². The molecule has 1 amide bonds. The molecule has 0 fully saturated rings. The summed E-state index contributed by atoms with van der Waals surface area (Å²) in [6.45, 7) is 4.93. The first-order chi connectivity index (χ1) is 9.85. The van der Waals surface area contributed by atoms with E-state index in [0.29, 0.717) is 0 Å². The summed E-state index contributed by atoms with van der Waals surface area (Å²) >= 11 is 0. The number of carbonyl (C=O) groups is 2. The minimum Gasteiger partial charge on any atom is -0.446 e. The van der Waals surface area contributed by atoms with Crippen molar-refractivity contribution in [2.45, 2.75) is 32.9 Å². The molecule has 1 N–H and O–H groups in total. The van der Waals surface area contributed by atoms with Crippen molar-refractivity contribution in [2.75, 3.05) is 0 Å². The lowest BCUT2D eigenvalue weighted by molar-refractivity contribution is -0.149. The number of carbonyl (C=O) groups excluding carboxylic acids is 2. The Hall–Kier alpha value is -2.42. The first-order valence-corrected chi connectivity index (χ1v) is 6.51. The van der Waals surface area contributed by atoms with Crippen LogP contribution >= 0.6 is 0 Å². The van der Waals surface area contributed by atoms with E-state index < -0.39 is 29.8 Å². The lowest BCUT2D eigenvalue weighted by atomic mass is 10.0. The summed E-state index contributed by atoms with van der Waals surface area (Å²) in [4.78, 5) is 24.0. The molecule has 5 nitrogen and oxygen atoms in total. The van der Waals surface area contributed by atoms with E-state index in [2.05, 4.69) is 5.32 Å². The highest BCUT2D eigenvalue weighted by molar-refractivity contribution is 5.96. The number of hydrogen-bond donors (Lipinski definition) is 1. The highest BCUT2D eigenvalue weighted by Gasteiger charge is 2.27. The van der Waals surface area contributed by atoms with Gasteiger partial charge in [0, 0.05) is 5.56 Å². The maximum absolute atomic E-state index is 12.8. The first kappa shape index (κ1) is 16.6. The van der Waals surface area contributed by atoms with Gasteiger partial charge in [0.2, 0.25) is 0 Å². The molecule has 2 atom stereocenters. The van der Waals surface area contributed by atoms with E-state index in [4.69, 9.17) is 10.00 Å². The van der Waals surface area contributed by atoms with Crippen molar-refractivity contribution in [1.29, 1.82) is 5.26 Å². The highest BCUT2D eigenvalue weighted by Crippen LogP contribution is 2.09. The van der Waals surface area contributed by atoms with E-state index in [9.17, 15) is 14.0 Å². The summed E-state index contributed by atoms with van der Waals surface area (Å²) in [5, 5.41) is 11.2. The van der Waals surface area contributed by atoms with Crippen molar-refractivity contribution < 1.29 is 18.7 Å². The Bertz CT molecular complexity index is 549. The number of rotatable bonds is 5. The van der Waals surface area contributed by atoms with E-state index in [1.165, 1.54) is 19.1 Å². The lowest BCUT2D eigenvalue weighted by Crippen LogP contribution is -2.46. The number of amides is 1. The Balaban J connectivity index is 2.79. The summed E-state index contributed by atoms with van der Waals surface area (Å²) in [6.07, 6.45) is -0.888. The third-order valence-corrected chi connectivity index (χ3v) is 2.79. The van der Waals surface area contributed by atoms with Gasteiger partial charge in [-0.25, -0.2) is 9.18 Å². The van der Waals surface area contributed by atoms with Gasteiger partial charge < -0.3 is 10.1 Å². The van der Waals surface area contributed by atoms with Crippen LogP contribution in [0.3, 0.4) is 0 Å². The maximum Gasteiger partial charge on any atom is 0.330 e. The average Bonchev–Trinajstić information content (AvgIpc) is 2.44. The van der Waals surface area contributed by atoms with Crippen molar-refractivity contribution in [3.63, 3.8) is 0 Å². The Morgan fingerprint density at radius 3 is 2.29 bits per heavy atom. The molecule has 0 aromatic heterocycles. The van der Waals surface area contributed by atoms with Gasteiger partial charge in [-0.2, -0.15) is 5.26 Å². The van der Waals surface area contributed by atoms with Crippen LogP contribution in [0.5, 0.6) is 0 Å². The largest absolute Gasteiger partial charge is 0.446 e. The fraction of sp³-hybridized carbons (Fsp3) is 0.400. The zero-order valence-corrected chi connectivity index (χ0v) is 12.1. The maximum atomic E-state index is 12.8. The zero-order chi connectivity index (χ0) is 16.0. The average molecular weight is 292 g/mol. The summed E-state index contributed by atoms with van der Waals surface area (Å²) in [7, 11) is 0. The zero-order valence-electron chi connectivity index (χ0n) is 12.1. The van der Waals surface area contributed by atoms with E-state index in [1.54, 1.807) is 19.9 Å². The first-order valence-electron chi connectivity index (χ1n) is 6.51. The van der Waals surface area contributed by atoms with Crippen molar-refractivity contribution >= 4 is 11.9 Å². The number of ether oxygens (including phenoxy) is 1. The molecule has 0 radical (unpaired) electrons. The van der Waals surface area contributed by atoms with Gasteiger partial charge >= 0.3 is 5.97 Å². The van der Waals surface area contributed by atoms with Gasteiger partial charge in [-0.1, -0.05) is 13.8 Å². The van der Waals surface area contributed by atoms with E-state index >= 15 is 0 Å². The molecule has 0 bridgehead atoms. The second-order valence-corrected chi connectivity index (χ2v) is 4.91. The van der Waals surface area contributed by atoms with Crippen LogP contribution in [0.25, 0.3) is 0 Å². The SMILES string of the molecule is CC(C)[C@H](NC(=O)c1ccc(F)cc1)C(=O)O[C@@H](C)C#N. The number of benzene rings is 1. The monoisotopic (exact) mass is 292 g/mol. The minimum absolute atomic E-state index is 0.215. The van der Waals surface area contributed by atoms with Gasteiger partial charge in [0.05, 0.1) is 0 Å². The van der Waals surface area contributed by atoms with Crippen molar-refractivity contribution in [3.05, 3.63) is 35.6 Å². The molecular formula is C15H17FN2O3. The van der Waals surface area contributed by atoms with Crippen LogP contribution in [0.1, 0.15) is 31.1 Å². The molecule has 0 aliphatic heterocycles. The van der Waals surface area contributed by atoms with Crippen LogP contribution in [-0.2, 0) is 9.53 Å². The third kappa shape index (κ3) is 4.88. The molecule has 1 aromatic rings. The highest BCUT2D eigenvalue weighted by atomic mass is 19.1.